The summed E-state index contributed by atoms with van der Waals surface area (Å²) in [6.45, 7) is 12.8. The van der Waals surface area contributed by atoms with Crippen LogP contribution in [0.3, 0.4) is 0 Å². The molecule has 0 N–H and O–H groups in total. The monoisotopic (exact) mass is 299 g/mol. The second kappa shape index (κ2) is 6.59. The van der Waals surface area contributed by atoms with Gasteiger partial charge in [-0.1, -0.05) is 57.7 Å². The second-order valence-corrected chi connectivity index (χ2v) is 7.65. The van der Waals surface area contributed by atoms with Crippen molar-refractivity contribution in [1.29, 1.82) is 0 Å². The minimum Gasteiger partial charge on any atom is -0.298 e. The van der Waals surface area contributed by atoms with Crippen LogP contribution in [0.2, 0.25) is 0 Å². The molecule has 112 valence electrons. The number of nitrogens with zero attached hydrogens (tertiary/aromatic N) is 1. The van der Waals surface area contributed by atoms with E-state index in [1.165, 1.54) is 21.6 Å². The zero-order valence-electron chi connectivity index (χ0n) is 13.5. The lowest BCUT2D eigenvalue weighted by atomic mass is 9.87. The molecule has 1 nitrogen and oxygen atoms in total. The first-order valence-electron chi connectivity index (χ1n) is 7.36. The lowest BCUT2D eigenvalue weighted by molar-refractivity contribution is 0.369. The highest BCUT2D eigenvalue weighted by molar-refractivity contribution is 7.11. The van der Waals surface area contributed by atoms with E-state index in [1.807, 2.05) is 0 Å². The van der Waals surface area contributed by atoms with Crippen molar-refractivity contribution in [3.63, 3.8) is 0 Å². The number of benzene rings is 1. The maximum absolute atomic E-state index is 4.19. The van der Waals surface area contributed by atoms with Crippen LogP contribution in [-0.4, -0.2) is 18.5 Å². The zero-order chi connectivity index (χ0) is 15.5. The van der Waals surface area contributed by atoms with Crippen molar-refractivity contribution in [3.05, 3.63) is 64.4 Å². The van der Waals surface area contributed by atoms with Crippen molar-refractivity contribution in [2.24, 2.45) is 0 Å². The fraction of sp³-hybridized carbons (Fsp3) is 0.368. The number of rotatable bonds is 5. The molecule has 0 aliphatic rings. The Kier molecular flexibility index (Phi) is 5.02. The molecule has 0 aliphatic heterocycles. The quantitative estimate of drug-likeness (QED) is 0.734. The van der Waals surface area contributed by atoms with Gasteiger partial charge in [0.15, 0.2) is 0 Å². The van der Waals surface area contributed by atoms with Gasteiger partial charge < -0.3 is 0 Å². The Morgan fingerprint density at radius 1 is 1.14 bits per heavy atom. The number of likely N-dealkylation sites (N-methyl/N-ethyl adjacent to an activating group) is 1. The molecular formula is C19H25NS. The topological polar surface area (TPSA) is 3.24 Å². The minimum atomic E-state index is 0.220. The van der Waals surface area contributed by atoms with Gasteiger partial charge in [-0.3, -0.25) is 4.90 Å². The van der Waals surface area contributed by atoms with Crippen molar-refractivity contribution < 1.29 is 0 Å². The highest BCUT2D eigenvalue weighted by Crippen LogP contribution is 2.23. The summed E-state index contributed by atoms with van der Waals surface area (Å²) in [5.74, 6) is 0. The molecule has 1 aromatic carbocycles. The van der Waals surface area contributed by atoms with Crippen LogP contribution in [0.4, 0.5) is 0 Å². The molecule has 0 radical (unpaired) electrons. The average molecular weight is 299 g/mol. The Labute approximate surface area is 132 Å². The lowest BCUT2D eigenvalue weighted by Crippen LogP contribution is -2.20. The van der Waals surface area contributed by atoms with Crippen LogP contribution in [0, 0.1) is 0 Å². The largest absolute Gasteiger partial charge is 0.298 e. The molecule has 0 spiro atoms. The molecule has 2 heteroatoms. The van der Waals surface area contributed by atoms with Crippen LogP contribution in [-0.2, 0) is 12.0 Å². The first-order chi connectivity index (χ1) is 9.86. The van der Waals surface area contributed by atoms with E-state index in [2.05, 4.69) is 81.1 Å². The molecule has 0 atom stereocenters. The van der Waals surface area contributed by atoms with Crippen LogP contribution < -0.4 is 0 Å². The molecule has 21 heavy (non-hydrogen) atoms. The van der Waals surface area contributed by atoms with E-state index in [4.69, 9.17) is 0 Å². The number of hydrogen-bond acceptors (Lipinski definition) is 2. The standard InChI is InChI=1S/C19H25NS/c1-15(18-7-6-12-21-18)13-20(5)14-16-8-10-17(11-9-16)19(2,3)4/h6-12H,1,13-14H2,2-5H3. The fourth-order valence-electron chi connectivity index (χ4n) is 2.36. The summed E-state index contributed by atoms with van der Waals surface area (Å²) in [7, 11) is 2.15. The van der Waals surface area contributed by atoms with Gasteiger partial charge in [0, 0.05) is 18.0 Å². The summed E-state index contributed by atoms with van der Waals surface area (Å²) >= 11 is 1.76. The van der Waals surface area contributed by atoms with Gasteiger partial charge in [-0.2, -0.15) is 0 Å². The number of thiophene rings is 1. The molecule has 0 unspecified atom stereocenters. The van der Waals surface area contributed by atoms with Gasteiger partial charge in [-0.05, 0) is 40.6 Å². The first-order valence-corrected chi connectivity index (χ1v) is 8.24. The minimum absolute atomic E-state index is 0.220. The molecule has 0 amide bonds. The normalized spacial score (nSPS) is 11.9. The molecule has 0 fully saturated rings. The molecule has 0 bridgehead atoms. The summed E-state index contributed by atoms with van der Waals surface area (Å²) in [5, 5.41) is 2.10. The van der Waals surface area contributed by atoms with Gasteiger partial charge in [0.2, 0.25) is 0 Å². The van der Waals surface area contributed by atoms with Crippen molar-refractivity contribution in [1.82, 2.24) is 4.90 Å². The van der Waals surface area contributed by atoms with Crippen LogP contribution in [0.1, 0.15) is 36.8 Å². The van der Waals surface area contributed by atoms with E-state index in [1.54, 1.807) is 11.3 Å². The highest BCUT2D eigenvalue weighted by Gasteiger charge is 2.13. The maximum atomic E-state index is 4.19. The zero-order valence-corrected chi connectivity index (χ0v) is 14.3. The van der Waals surface area contributed by atoms with E-state index in [-0.39, 0.29) is 5.41 Å². The Hall–Kier alpha value is -1.38. The summed E-state index contributed by atoms with van der Waals surface area (Å²) < 4.78 is 0. The second-order valence-electron chi connectivity index (χ2n) is 6.70. The Balaban J connectivity index is 1.94. The average Bonchev–Trinajstić information content (AvgIpc) is 2.92. The summed E-state index contributed by atoms with van der Waals surface area (Å²) in [4.78, 5) is 3.60. The molecule has 0 aliphatic carbocycles. The van der Waals surface area contributed by atoms with E-state index >= 15 is 0 Å². The van der Waals surface area contributed by atoms with Gasteiger partial charge in [-0.15, -0.1) is 11.3 Å². The predicted molar refractivity (Wildman–Crippen MR) is 94.8 cm³/mol. The van der Waals surface area contributed by atoms with Gasteiger partial charge in [0.1, 0.15) is 0 Å². The Bertz CT molecular complexity index is 573. The molecular weight excluding hydrogens is 274 g/mol. The highest BCUT2D eigenvalue weighted by atomic mass is 32.1. The van der Waals surface area contributed by atoms with Gasteiger partial charge in [-0.25, -0.2) is 0 Å². The summed E-state index contributed by atoms with van der Waals surface area (Å²) in [5.41, 5.74) is 4.15. The SMILES string of the molecule is C=C(CN(C)Cc1ccc(C(C)(C)C)cc1)c1cccs1. The van der Waals surface area contributed by atoms with Gasteiger partial charge in [0.05, 0.1) is 0 Å². The molecule has 0 saturated carbocycles. The first kappa shape index (κ1) is 16.0. The summed E-state index contributed by atoms with van der Waals surface area (Å²) in [6, 6.07) is 13.2. The van der Waals surface area contributed by atoms with Crippen molar-refractivity contribution in [2.45, 2.75) is 32.7 Å². The van der Waals surface area contributed by atoms with Crippen molar-refractivity contribution in [2.75, 3.05) is 13.6 Å². The molecule has 1 aromatic heterocycles. The fourth-order valence-corrected chi connectivity index (χ4v) is 3.05. The van der Waals surface area contributed by atoms with Gasteiger partial charge >= 0.3 is 0 Å². The van der Waals surface area contributed by atoms with E-state index < -0.39 is 0 Å². The van der Waals surface area contributed by atoms with Crippen molar-refractivity contribution in [3.8, 4) is 0 Å². The third-order valence-electron chi connectivity index (χ3n) is 3.60. The summed E-state index contributed by atoms with van der Waals surface area (Å²) in [6.07, 6.45) is 0. The Morgan fingerprint density at radius 3 is 2.33 bits per heavy atom. The van der Waals surface area contributed by atoms with Crippen LogP contribution in [0.15, 0.2) is 48.4 Å². The molecule has 2 rings (SSSR count). The van der Waals surface area contributed by atoms with Gasteiger partial charge in [0.25, 0.3) is 0 Å². The maximum Gasteiger partial charge on any atom is 0.0309 e. The van der Waals surface area contributed by atoms with Crippen LogP contribution in [0.25, 0.3) is 5.57 Å². The van der Waals surface area contributed by atoms with E-state index in [0.717, 1.165) is 13.1 Å². The van der Waals surface area contributed by atoms with Crippen LogP contribution in [0.5, 0.6) is 0 Å². The van der Waals surface area contributed by atoms with E-state index in [9.17, 15) is 0 Å². The third-order valence-corrected chi connectivity index (χ3v) is 4.57. The molecule has 2 aromatic rings. The number of hydrogen-bond donors (Lipinski definition) is 0. The lowest BCUT2D eigenvalue weighted by Gasteiger charge is -2.21. The predicted octanol–water partition coefficient (Wildman–Crippen LogP) is 5.19. The van der Waals surface area contributed by atoms with Crippen molar-refractivity contribution >= 4 is 16.9 Å². The smallest absolute Gasteiger partial charge is 0.0309 e. The Morgan fingerprint density at radius 2 is 1.81 bits per heavy atom. The van der Waals surface area contributed by atoms with Crippen LogP contribution >= 0.6 is 11.3 Å². The van der Waals surface area contributed by atoms with E-state index in [0.29, 0.717) is 0 Å². The third kappa shape index (κ3) is 4.55. The molecule has 0 saturated heterocycles. The molecule has 1 heterocycles.